The molecule has 0 bridgehead atoms. The van der Waals surface area contributed by atoms with E-state index in [0.29, 0.717) is 6.54 Å². The van der Waals surface area contributed by atoms with Crippen molar-refractivity contribution >= 4 is 17.3 Å². The summed E-state index contributed by atoms with van der Waals surface area (Å²) in [5.41, 5.74) is 1.49. The summed E-state index contributed by atoms with van der Waals surface area (Å²) in [4.78, 5) is 14.1. The SMILES string of the molecule is O=C(O)C1CNCC1c1cc2c(s1)CCCCC2. The van der Waals surface area contributed by atoms with Gasteiger partial charge >= 0.3 is 5.97 Å². The smallest absolute Gasteiger partial charge is 0.308 e. The van der Waals surface area contributed by atoms with Crippen LogP contribution in [0.1, 0.15) is 40.5 Å². The van der Waals surface area contributed by atoms with Crippen LogP contribution >= 0.6 is 11.3 Å². The molecule has 2 aliphatic rings. The summed E-state index contributed by atoms with van der Waals surface area (Å²) in [6.07, 6.45) is 6.29. The van der Waals surface area contributed by atoms with Gasteiger partial charge in [-0.25, -0.2) is 0 Å². The fourth-order valence-corrected chi connectivity index (χ4v) is 4.53. The number of carboxylic acid groups (broad SMARTS) is 1. The first kappa shape index (κ1) is 12.2. The molecule has 0 amide bonds. The van der Waals surface area contributed by atoms with Gasteiger partial charge in [0.2, 0.25) is 0 Å². The van der Waals surface area contributed by atoms with Crippen LogP contribution < -0.4 is 5.32 Å². The van der Waals surface area contributed by atoms with Crippen LogP contribution in [0.4, 0.5) is 0 Å². The zero-order chi connectivity index (χ0) is 12.5. The van der Waals surface area contributed by atoms with E-state index in [0.717, 1.165) is 6.54 Å². The van der Waals surface area contributed by atoms with Crippen LogP contribution in [0.2, 0.25) is 0 Å². The van der Waals surface area contributed by atoms with Gasteiger partial charge in [-0.15, -0.1) is 11.3 Å². The van der Waals surface area contributed by atoms with E-state index in [1.807, 2.05) is 11.3 Å². The molecule has 3 rings (SSSR count). The normalized spacial score (nSPS) is 27.8. The van der Waals surface area contributed by atoms with Crippen molar-refractivity contribution in [2.75, 3.05) is 13.1 Å². The molecule has 2 heterocycles. The Morgan fingerprint density at radius 3 is 2.94 bits per heavy atom. The average Bonchev–Trinajstić information content (AvgIpc) is 2.92. The van der Waals surface area contributed by atoms with Crippen LogP contribution in [-0.4, -0.2) is 24.2 Å². The Morgan fingerprint density at radius 1 is 1.28 bits per heavy atom. The summed E-state index contributed by atoms with van der Waals surface area (Å²) in [6, 6.07) is 2.29. The van der Waals surface area contributed by atoms with Gasteiger partial charge in [0.25, 0.3) is 0 Å². The lowest BCUT2D eigenvalue weighted by Crippen LogP contribution is -2.20. The Morgan fingerprint density at radius 2 is 2.11 bits per heavy atom. The van der Waals surface area contributed by atoms with Crippen molar-refractivity contribution in [1.82, 2.24) is 5.32 Å². The maximum atomic E-state index is 11.2. The third-order valence-corrected chi connectivity index (χ3v) is 5.53. The van der Waals surface area contributed by atoms with E-state index in [1.54, 1.807) is 0 Å². The highest BCUT2D eigenvalue weighted by Gasteiger charge is 2.35. The summed E-state index contributed by atoms with van der Waals surface area (Å²) >= 11 is 1.86. The van der Waals surface area contributed by atoms with Gasteiger partial charge in [-0.2, -0.15) is 0 Å². The molecule has 1 aromatic rings. The van der Waals surface area contributed by atoms with Crippen molar-refractivity contribution in [1.29, 1.82) is 0 Å². The second-order valence-electron chi connectivity index (χ2n) is 5.37. The summed E-state index contributed by atoms with van der Waals surface area (Å²) in [5, 5.41) is 12.5. The highest BCUT2D eigenvalue weighted by atomic mass is 32.1. The van der Waals surface area contributed by atoms with Crippen molar-refractivity contribution < 1.29 is 9.90 Å². The number of rotatable bonds is 2. The molecule has 0 aromatic carbocycles. The third-order valence-electron chi connectivity index (χ3n) is 4.16. The minimum atomic E-state index is -0.659. The maximum absolute atomic E-state index is 11.2. The number of aryl methyl sites for hydroxylation is 2. The number of carbonyl (C=O) groups is 1. The molecule has 2 N–H and O–H groups in total. The molecule has 0 radical (unpaired) electrons. The summed E-state index contributed by atoms with van der Waals surface area (Å²) in [5.74, 6) is -0.722. The van der Waals surface area contributed by atoms with Crippen LogP contribution in [0.15, 0.2) is 6.07 Å². The standard InChI is InChI=1S/C14H19NO2S/c16-14(17)11-8-15-7-10(11)13-6-9-4-2-1-3-5-12(9)18-13/h6,10-11,15H,1-5,7-8H2,(H,16,17). The van der Waals surface area contributed by atoms with Crippen molar-refractivity contribution in [2.45, 2.75) is 38.0 Å². The molecule has 1 fully saturated rings. The summed E-state index contributed by atoms with van der Waals surface area (Å²) in [6.45, 7) is 1.43. The first-order valence-corrected chi connectivity index (χ1v) is 7.62. The molecular weight excluding hydrogens is 246 g/mol. The number of fused-ring (bicyclic) bond motifs is 1. The predicted molar refractivity (Wildman–Crippen MR) is 72.3 cm³/mol. The first-order valence-electron chi connectivity index (χ1n) is 6.80. The number of nitrogens with one attached hydrogen (secondary N) is 1. The highest BCUT2D eigenvalue weighted by molar-refractivity contribution is 7.12. The number of carboxylic acids is 1. The largest absolute Gasteiger partial charge is 0.481 e. The topological polar surface area (TPSA) is 49.3 Å². The Balaban J connectivity index is 1.86. The summed E-state index contributed by atoms with van der Waals surface area (Å²) < 4.78 is 0. The number of hydrogen-bond acceptors (Lipinski definition) is 3. The lowest BCUT2D eigenvalue weighted by atomic mass is 9.94. The minimum absolute atomic E-state index is 0.180. The lowest BCUT2D eigenvalue weighted by molar-refractivity contribution is -0.141. The van der Waals surface area contributed by atoms with Crippen molar-refractivity contribution in [3.05, 3.63) is 21.4 Å². The van der Waals surface area contributed by atoms with Gasteiger partial charge in [0.1, 0.15) is 0 Å². The number of thiophene rings is 1. The van der Waals surface area contributed by atoms with Gasteiger partial charge in [-0.1, -0.05) is 6.42 Å². The van der Waals surface area contributed by atoms with Crippen molar-refractivity contribution in [3.8, 4) is 0 Å². The zero-order valence-electron chi connectivity index (χ0n) is 10.4. The van der Waals surface area contributed by atoms with Gasteiger partial charge in [0.05, 0.1) is 5.92 Å². The Labute approximate surface area is 111 Å². The quantitative estimate of drug-likeness (QED) is 0.807. The van der Waals surface area contributed by atoms with E-state index < -0.39 is 5.97 Å². The van der Waals surface area contributed by atoms with E-state index >= 15 is 0 Å². The molecule has 0 spiro atoms. The second-order valence-corrected chi connectivity index (χ2v) is 6.54. The monoisotopic (exact) mass is 265 g/mol. The number of aliphatic carboxylic acids is 1. The molecular formula is C14H19NO2S. The van der Waals surface area contributed by atoms with Crippen LogP contribution in [0, 0.1) is 5.92 Å². The van der Waals surface area contributed by atoms with E-state index in [1.165, 1.54) is 47.4 Å². The van der Waals surface area contributed by atoms with Crippen LogP contribution in [-0.2, 0) is 17.6 Å². The van der Waals surface area contributed by atoms with Gasteiger partial charge in [-0.05, 0) is 37.3 Å². The van der Waals surface area contributed by atoms with Crippen LogP contribution in [0.5, 0.6) is 0 Å². The summed E-state index contributed by atoms with van der Waals surface area (Å²) in [7, 11) is 0. The van der Waals surface area contributed by atoms with E-state index in [4.69, 9.17) is 0 Å². The highest BCUT2D eigenvalue weighted by Crippen LogP contribution is 2.37. The molecule has 1 saturated heterocycles. The Kier molecular flexibility index (Phi) is 3.39. The van der Waals surface area contributed by atoms with E-state index in [-0.39, 0.29) is 11.8 Å². The molecule has 4 heteroatoms. The van der Waals surface area contributed by atoms with Crippen LogP contribution in [0.25, 0.3) is 0 Å². The molecule has 98 valence electrons. The van der Waals surface area contributed by atoms with Crippen LogP contribution in [0.3, 0.4) is 0 Å². The second kappa shape index (κ2) is 5.02. The van der Waals surface area contributed by atoms with Crippen molar-refractivity contribution in [3.63, 3.8) is 0 Å². The van der Waals surface area contributed by atoms with Crippen molar-refractivity contribution in [2.24, 2.45) is 5.92 Å². The van der Waals surface area contributed by atoms with E-state index in [9.17, 15) is 9.90 Å². The maximum Gasteiger partial charge on any atom is 0.308 e. The van der Waals surface area contributed by atoms with E-state index in [2.05, 4.69) is 11.4 Å². The molecule has 1 aromatic heterocycles. The van der Waals surface area contributed by atoms with Gasteiger partial charge < -0.3 is 10.4 Å². The lowest BCUT2D eigenvalue weighted by Gasteiger charge is -2.12. The number of hydrogen-bond donors (Lipinski definition) is 2. The zero-order valence-corrected chi connectivity index (χ0v) is 11.3. The Bertz CT molecular complexity index is 431. The first-order chi connectivity index (χ1) is 8.75. The molecule has 0 saturated carbocycles. The predicted octanol–water partition coefficient (Wildman–Crippen LogP) is 2.40. The Hall–Kier alpha value is -0.870. The molecule has 2 atom stereocenters. The molecule has 1 aliphatic heterocycles. The molecule has 18 heavy (non-hydrogen) atoms. The molecule has 1 aliphatic carbocycles. The fraction of sp³-hybridized carbons (Fsp3) is 0.643. The third kappa shape index (κ3) is 2.19. The van der Waals surface area contributed by atoms with Gasteiger partial charge in [0, 0.05) is 28.8 Å². The molecule has 3 nitrogen and oxygen atoms in total. The molecule has 2 unspecified atom stereocenters. The van der Waals surface area contributed by atoms with Gasteiger partial charge in [0.15, 0.2) is 0 Å². The van der Waals surface area contributed by atoms with Gasteiger partial charge in [-0.3, -0.25) is 4.79 Å². The average molecular weight is 265 g/mol. The minimum Gasteiger partial charge on any atom is -0.481 e. The fourth-order valence-electron chi connectivity index (χ4n) is 3.11.